The van der Waals surface area contributed by atoms with E-state index < -0.39 is 11.7 Å². The third-order valence-electron chi connectivity index (χ3n) is 1.83. The number of hydrogen-bond acceptors (Lipinski definition) is 4. The van der Waals surface area contributed by atoms with Crippen molar-refractivity contribution in [2.24, 2.45) is 0 Å². The molecule has 0 bridgehead atoms. The lowest BCUT2D eigenvalue weighted by molar-refractivity contribution is 0.0636. The highest BCUT2D eigenvalue weighted by atomic mass is 79.9. The number of amides is 1. The number of thiophene rings is 2. The van der Waals surface area contributed by atoms with Crippen LogP contribution in [0.5, 0.6) is 0 Å². The minimum Gasteiger partial charge on any atom is -0.444 e. The van der Waals surface area contributed by atoms with Crippen LogP contribution in [0.2, 0.25) is 0 Å². The Kier molecular flexibility index (Phi) is 3.47. The Labute approximate surface area is 116 Å². The molecule has 2 aromatic heterocycles. The fourth-order valence-electron chi connectivity index (χ4n) is 1.26. The number of halogens is 1. The van der Waals surface area contributed by atoms with Gasteiger partial charge in [0.1, 0.15) is 5.60 Å². The Balaban J connectivity index is 2.11. The predicted octanol–water partition coefficient (Wildman–Crippen LogP) is 5.07. The number of rotatable bonds is 1. The van der Waals surface area contributed by atoms with Crippen molar-refractivity contribution in [3.63, 3.8) is 0 Å². The number of hydrogen-bond donors (Lipinski definition) is 1. The van der Waals surface area contributed by atoms with Crippen LogP contribution >= 0.6 is 38.6 Å². The van der Waals surface area contributed by atoms with Crippen molar-refractivity contribution in [1.82, 2.24) is 0 Å². The SMILES string of the molecule is CC(C)(C)OC(=O)Nc1cc2scc(Br)c2s1. The molecule has 92 valence electrons. The highest BCUT2D eigenvalue weighted by Crippen LogP contribution is 2.39. The first kappa shape index (κ1) is 12.9. The van der Waals surface area contributed by atoms with Gasteiger partial charge in [-0.1, -0.05) is 0 Å². The molecule has 0 aliphatic rings. The van der Waals surface area contributed by atoms with E-state index in [4.69, 9.17) is 4.74 Å². The number of carbonyl (C=O) groups excluding carboxylic acids is 1. The molecular formula is C11H12BrNO2S2. The van der Waals surface area contributed by atoms with Crippen molar-refractivity contribution in [2.75, 3.05) is 5.32 Å². The summed E-state index contributed by atoms with van der Waals surface area (Å²) in [6, 6.07) is 1.96. The lowest BCUT2D eigenvalue weighted by Crippen LogP contribution is -2.26. The van der Waals surface area contributed by atoms with Crippen molar-refractivity contribution < 1.29 is 9.53 Å². The van der Waals surface area contributed by atoms with Gasteiger partial charge >= 0.3 is 6.09 Å². The van der Waals surface area contributed by atoms with E-state index in [2.05, 4.69) is 21.2 Å². The molecule has 0 aromatic carbocycles. The molecule has 2 rings (SSSR count). The summed E-state index contributed by atoms with van der Waals surface area (Å²) in [6.45, 7) is 5.53. The van der Waals surface area contributed by atoms with E-state index in [0.717, 1.165) is 18.9 Å². The average Bonchev–Trinajstić information content (AvgIpc) is 2.65. The lowest BCUT2D eigenvalue weighted by atomic mass is 10.2. The Morgan fingerprint density at radius 1 is 1.47 bits per heavy atom. The third-order valence-corrected chi connectivity index (χ3v) is 5.16. The largest absolute Gasteiger partial charge is 0.444 e. The molecule has 0 radical (unpaired) electrons. The Hall–Kier alpha value is -0.590. The molecule has 0 aliphatic heterocycles. The maximum absolute atomic E-state index is 11.6. The maximum Gasteiger partial charge on any atom is 0.412 e. The first-order valence-corrected chi connectivity index (χ1v) is 7.50. The van der Waals surface area contributed by atoms with Crippen molar-refractivity contribution >= 4 is 59.1 Å². The Morgan fingerprint density at radius 2 is 2.18 bits per heavy atom. The van der Waals surface area contributed by atoms with Gasteiger partial charge in [0.15, 0.2) is 0 Å². The van der Waals surface area contributed by atoms with E-state index in [0.29, 0.717) is 0 Å². The van der Waals surface area contributed by atoms with Gasteiger partial charge in [-0.15, -0.1) is 22.7 Å². The zero-order chi connectivity index (χ0) is 12.6. The van der Waals surface area contributed by atoms with Crippen LogP contribution in [0.15, 0.2) is 15.9 Å². The maximum atomic E-state index is 11.6. The second-order valence-electron chi connectivity index (χ2n) is 4.51. The topological polar surface area (TPSA) is 38.3 Å². The number of ether oxygens (including phenoxy) is 1. The fourth-order valence-corrected chi connectivity index (χ4v) is 4.15. The van der Waals surface area contributed by atoms with Gasteiger partial charge < -0.3 is 4.74 Å². The molecule has 1 N–H and O–H groups in total. The zero-order valence-electron chi connectivity index (χ0n) is 9.67. The predicted molar refractivity (Wildman–Crippen MR) is 77.3 cm³/mol. The summed E-state index contributed by atoms with van der Waals surface area (Å²) in [5.74, 6) is 0. The molecule has 0 unspecified atom stereocenters. The molecule has 6 heteroatoms. The summed E-state index contributed by atoms with van der Waals surface area (Å²) in [7, 11) is 0. The molecule has 1 amide bonds. The van der Waals surface area contributed by atoms with E-state index in [-0.39, 0.29) is 0 Å². The lowest BCUT2D eigenvalue weighted by Gasteiger charge is -2.19. The van der Waals surface area contributed by atoms with Crippen molar-refractivity contribution in [3.8, 4) is 0 Å². The van der Waals surface area contributed by atoms with Gasteiger partial charge in [0, 0.05) is 14.6 Å². The van der Waals surface area contributed by atoms with Crippen LogP contribution < -0.4 is 5.32 Å². The average molecular weight is 334 g/mol. The second-order valence-corrected chi connectivity index (χ2v) is 7.33. The minimum atomic E-state index is -0.473. The number of anilines is 1. The van der Waals surface area contributed by atoms with E-state index in [1.165, 1.54) is 11.3 Å². The van der Waals surface area contributed by atoms with Gasteiger partial charge in [0.05, 0.1) is 9.70 Å². The molecule has 0 saturated heterocycles. The van der Waals surface area contributed by atoms with Crippen LogP contribution in [0.3, 0.4) is 0 Å². The first-order chi connectivity index (χ1) is 7.85. The summed E-state index contributed by atoms with van der Waals surface area (Å²) in [5.41, 5.74) is -0.473. The standard InChI is InChI=1S/C11H12BrNO2S2/c1-11(2,3)15-10(14)13-8-4-7-9(17-8)6(12)5-16-7/h4-5H,1-3H3,(H,13,14). The third kappa shape index (κ3) is 3.20. The molecule has 0 fully saturated rings. The van der Waals surface area contributed by atoms with Gasteiger partial charge in [0.25, 0.3) is 0 Å². The summed E-state index contributed by atoms with van der Waals surface area (Å²) in [6.07, 6.45) is -0.414. The van der Waals surface area contributed by atoms with E-state index in [9.17, 15) is 4.79 Å². The number of fused-ring (bicyclic) bond motifs is 1. The van der Waals surface area contributed by atoms with Gasteiger partial charge in [-0.05, 0) is 42.8 Å². The van der Waals surface area contributed by atoms with Crippen LogP contribution in [0, 0.1) is 0 Å². The van der Waals surface area contributed by atoms with Crippen molar-refractivity contribution in [3.05, 3.63) is 15.9 Å². The van der Waals surface area contributed by atoms with Gasteiger partial charge in [-0.3, -0.25) is 5.32 Å². The molecule has 2 aromatic rings. The number of carbonyl (C=O) groups is 1. The summed E-state index contributed by atoms with van der Waals surface area (Å²) >= 11 is 6.66. The minimum absolute atomic E-state index is 0.414. The normalized spacial score (nSPS) is 11.8. The fraction of sp³-hybridized carbons (Fsp3) is 0.364. The van der Waals surface area contributed by atoms with E-state index >= 15 is 0 Å². The molecule has 0 atom stereocenters. The van der Waals surface area contributed by atoms with E-state index in [1.54, 1.807) is 11.3 Å². The monoisotopic (exact) mass is 333 g/mol. The molecule has 0 saturated carbocycles. The summed E-state index contributed by atoms with van der Waals surface area (Å²) < 4.78 is 8.58. The first-order valence-electron chi connectivity index (χ1n) is 5.02. The Morgan fingerprint density at radius 3 is 2.76 bits per heavy atom. The smallest absolute Gasteiger partial charge is 0.412 e. The van der Waals surface area contributed by atoms with Gasteiger partial charge in [-0.2, -0.15) is 0 Å². The van der Waals surface area contributed by atoms with Crippen LogP contribution in [0.1, 0.15) is 20.8 Å². The second kappa shape index (κ2) is 4.59. The molecule has 3 nitrogen and oxygen atoms in total. The van der Waals surface area contributed by atoms with Crippen LogP contribution in [0.25, 0.3) is 9.40 Å². The van der Waals surface area contributed by atoms with Crippen molar-refractivity contribution in [2.45, 2.75) is 26.4 Å². The summed E-state index contributed by atoms with van der Waals surface area (Å²) in [4.78, 5) is 11.6. The van der Waals surface area contributed by atoms with Crippen LogP contribution in [0.4, 0.5) is 9.80 Å². The van der Waals surface area contributed by atoms with Crippen molar-refractivity contribution in [1.29, 1.82) is 0 Å². The summed E-state index contributed by atoms with van der Waals surface area (Å²) in [5, 5.41) is 5.59. The zero-order valence-corrected chi connectivity index (χ0v) is 12.9. The molecular weight excluding hydrogens is 322 g/mol. The highest BCUT2D eigenvalue weighted by Gasteiger charge is 2.17. The number of nitrogens with one attached hydrogen (secondary N) is 1. The van der Waals surface area contributed by atoms with E-state index in [1.807, 2.05) is 32.2 Å². The van der Waals surface area contributed by atoms with Gasteiger partial charge in [-0.25, -0.2) is 4.79 Å². The molecule has 17 heavy (non-hydrogen) atoms. The molecule has 2 heterocycles. The highest BCUT2D eigenvalue weighted by molar-refractivity contribution is 9.10. The Bertz CT molecular complexity index is 553. The van der Waals surface area contributed by atoms with Crippen LogP contribution in [-0.4, -0.2) is 11.7 Å². The molecule has 0 aliphatic carbocycles. The van der Waals surface area contributed by atoms with Gasteiger partial charge in [0.2, 0.25) is 0 Å². The quantitative estimate of drug-likeness (QED) is 0.790. The molecule has 0 spiro atoms. The van der Waals surface area contributed by atoms with Crippen LogP contribution in [-0.2, 0) is 4.74 Å².